The van der Waals surface area contributed by atoms with Crippen LogP contribution < -0.4 is 0 Å². The first-order chi connectivity index (χ1) is 1.00. The molecule has 4 heavy (non-hydrogen) atoms. The summed E-state index contributed by atoms with van der Waals surface area (Å²) in [4.78, 5) is 0. The SMILES string of the molecule is [B].[Co].[O]=[Co]. The van der Waals surface area contributed by atoms with Crippen LogP contribution in [-0.2, 0) is 36.3 Å². The van der Waals surface area contributed by atoms with Crippen molar-refractivity contribution < 1.29 is 36.3 Å². The van der Waals surface area contributed by atoms with Gasteiger partial charge in [-0.05, 0) is 0 Å². The summed E-state index contributed by atoms with van der Waals surface area (Å²) >= 11 is 2.31. The first-order valence-corrected chi connectivity index (χ1v) is 0.561. The third-order valence-electron chi connectivity index (χ3n) is 0. The molecule has 4 radical (unpaired) electrons. The Labute approximate surface area is 45.1 Å². The van der Waals surface area contributed by atoms with Gasteiger partial charge in [0.2, 0.25) is 0 Å². The van der Waals surface area contributed by atoms with E-state index in [9.17, 15) is 0 Å². The van der Waals surface area contributed by atoms with Gasteiger partial charge in [0.15, 0.2) is 0 Å². The second-order valence-electron chi connectivity index (χ2n) is 0. The van der Waals surface area contributed by atoms with Gasteiger partial charge in [-0.25, -0.2) is 0 Å². The third kappa shape index (κ3) is 13.2. The number of hydrogen-bond acceptors (Lipinski definition) is 1. The van der Waals surface area contributed by atoms with Gasteiger partial charge in [0.05, 0.1) is 0 Å². The summed E-state index contributed by atoms with van der Waals surface area (Å²) in [6.07, 6.45) is 0. The molecule has 0 rings (SSSR count). The first-order valence-electron chi connectivity index (χ1n) is 0.136. The Balaban J connectivity index is -0.00000000500. The van der Waals surface area contributed by atoms with Gasteiger partial charge in [0.25, 0.3) is 0 Å². The normalized spacial score (nSPS) is 1.25. The molecule has 0 saturated carbocycles. The van der Waals surface area contributed by atoms with Crippen LogP contribution in [0.15, 0.2) is 0 Å². The molecule has 0 heterocycles. The van der Waals surface area contributed by atoms with Crippen LogP contribution in [0.2, 0.25) is 0 Å². The Kier molecular flexibility index (Phi) is 217. The molecule has 0 aliphatic heterocycles. The molecule has 0 saturated heterocycles. The summed E-state index contributed by atoms with van der Waals surface area (Å²) in [5.41, 5.74) is 0. The van der Waals surface area contributed by atoms with Crippen molar-refractivity contribution in [1.82, 2.24) is 0 Å². The molecule has 0 N–H and O–H groups in total. The molecule has 0 aromatic rings. The molecule has 0 aliphatic rings. The summed E-state index contributed by atoms with van der Waals surface area (Å²) in [5, 5.41) is 0. The molecule has 0 unspecified atom stereocenters. The quantitative estimate of drug-likeness (QED) is 0.419. The second-order valence-corrected chi connectivity index (χ2v) is 0. The van der Waals surface area contributed by atoms with Crippen molar-refractivity contribution in [2.45, 2.75) is 0 Å². The van der Waals surface area contributed by atoms with Gasteiger partial charge in [-0.3, -0.25) is 0 Å². The maximum atomic E-state index is 7.94. The molecule has 0 fully saturated rings. The van der Waals surface area contributed by atoms with Gasteiger partial charge in [0, 0.05) is 25.2 Å². The summed E-state index contributed by atoms with van der Waals surface area (Å²) in [6.45, 7) is 0. The van der Waals surface area contributed by atoms with E-state index in [-0.39, 0.29) is 25.2 Å². The van der Waals surface area contributed by atoms with Crippen molar-refractivity contribution in [2.24, 2.45) is 0 Å². The van der Waals surface area contributed by atoms with Crippen LogP contribution >= 0.6 is 0 Å². The van der Waals surface area contributed by atoms with Gasteiger partial charge in [-0.2, -0.15) is 0 Å². The zero-order valence-corrected chi connectivity index (χ0v) is 3.73. The Morgan fingerprint density at radius 1 is 1.25 bits per heavy atom. The molecular formula is BCo2O. The van der Waals surface area contributed by atoms with Crippen LogP contribution in [0.5, 0.6) is 0 Å². The summed E-state index contributed by atoms with van der Waals surface area (Å²) in [5.74, 6) is 0. The van der Waals surface area contributed by atoms with Crippen molar-refractivity contribution in [3.8, 4) is 0 Å². The number of hydrogen-bond donors (Lipinski definition) is 0. The Morgan fingerprint density at radius 2 is 1.25 bits per heavy atom. The minimum absolute atomic E-state index is 0. The van der Waals surface area contributed by atoms with Gasteiger partial charge in [0.1, 0.15) is 0 Å². The summed E-state index contributed by atoms with van der Waals surface area (Å²) in [7, 11) is 0. The van der Waals surface area contributed by atoms with Crippen molar-refractivity contribution in [1.29, 1.82) is 0 Å². The molecule has 0 spiro atoms. The van der Waals surface area contributed by atoms with Crippen LogP contribution in [0.1, 0.15) is 0 Å². The molecule has 0 amide bonds. The van der Waals surface area contributed by atoms with E-state index in [0.29, 0.717) is 0 Å². The predicted octanol–water partition coefficient (Wildman–Crippen LogP) is -0.505. The van der Waals surface area contributed by atoms with E-state index in [4.69, 9.17) is 3.87 Å². The van der Waals surface area contributed by atoms with E-state index < -0.39 is 0 Å². The van der Waals surface area contributed by atoms with E-state index in [1.807, 2.05) is 0 Å². The van der Waals surface area contributed by atoms with Gasteiger partial charge in [-0.15, -0.1) is 0 Å². The van der Waals surface area contributed by atoms with E-state index >= 15 is 0 Å². The van der Waals surface area contributed by atoms with Gasteiger partial charge in [-0.1, -0.05) is 0 Å². The van der Waals surface area contributed by atoms with Crippen molar-refractivity contribution in [3.63, 3.8) is 0 Å². The predicted molar refractivity (Wildman–Crippen MR) is 6.44 cm³/mol. The fourth-order valence-electron chi connectivity index (χ4n) is 0. The zero-order valence-electron chi connectivity index (χ0n) is 1.65. The fourth-order valence-corrected chi connectivity index (χ4v) is 0. The zero-order chi connectivity index (χ0) is 2.00. The van der Waals surface area contributed by atoms with Crippen molar-refractivity contribution in [2.75, 3.05) is 0 Å². The molecule has 1 nitrogen and oxygen atoms in total. The van der Waals surface area contributed by atoms with Crippen LogP contribution in [0.4, 0.5) is 0 Å². The molecule has 4 heteroatoms. The second kappa shape index (κ2) is 41.7. The van der Waals surface area contributed by atoms with Gasteiger partial charge < -0.3 is 0 Å². The topological polar surface area (TPSA) is 17.1 Å². The van der Waals surface area contributed by atoms with Crippen molar-refractivity contribution >= 4 is 8.41 Å². The van der Waals surface area contributed by atoms with Crippen LogP contribution in [0, 0.1) is 0 Å². The Morgan fingerprint density at radius 3 is 1.25 bits per heavy atom. The number of rotatable bonds is 0. The first kappa shape index (κ1) is 20.8. The third-order valence-corrected chi connectivity index (χ3v) is 0. The fraction of sp³-hybridized carbons (Fsp3) is 0. The van der Waals surface area contributed by atoms with Crippen LogP contribution in [-0.4, -0.2) is 8.41 Å². The molecular weight excluding hydrogens is 145 g/mol. The van der Waals surface area contributed by atoms with E-state index in [1.54, 1.807) is 0 Å². The van der Waals surface area contributed by atoms with E-state index in [0.717, 1.165) is 0 Å². The summed E-state index contributed by atoms with van der Waals surface area (Å²) in [6, 6.07) is 0. The van der Waals surface area contributed by atoms with E-state index in [2.05, 4.69) is 15.7 Å². The van der Waals surface area contributed by atoms with E-state index in [1.165, 1.54) is 0 Å². The molecule has 27 valence electrons. The van der Waals surface area contributed by atoms with Crippen molar-refractivity contribution in [3.05, 3.63) is 0 Å². The average molecular weight is 145 g/mol. The molecule has 0 atom stereocenters. The molecule has 0 aromatic carbocycles. The average Bonchev–Trinajstić information content (AvgIpc) is 1.00. The van der Waals surface area contributed by atoms with Gasteiger partial charge >= 0.3 is 19.5 Å². The minimum atomic E-state index is 0. The monoisotopic (exact) mass is 145 g/mol. The molecule has 0 aromatic heterocycles. The maximum absolute atomic E-state index is 7.94. The Bertz CT molecular complexity index is 6.00. The Hall–Kier alpha value is 0.878. The molecule has 0 aliphatic carbocycles. The summed E-state index contributed by atoms with van der Waals surface area (Å²) < 4.78 is 7.94. The van der Waals surface area contributed by atoms with Crippen LogP contribution in [0.25, 0.3) is 0 Å². The standard InChI is InChI=1S/B.2Co.O. The molecule has 0 bridgehead atoms. The van der Waals surface area contributed by atoms with Crippen LogP contribution in [0.3, 0.4) is 0 Å².